The molecule has 132 valence electrons. The lowest BCUT2D eigenvalue weighted by Crippen LogP contribution is -2.35. The predicted octanol–water partition coefficient (Wildman–Crippen LogP) is 1.84. The summed E-state index contributed by atoms with van der Waals surface area (Å²) < 4.78 is 35.9. The summed E-state index contributed by atoms with van der Waals surface area (Å²) in [7, 11) is -2.61. The predicted molar refractivity (Wildman–Crippen MR) is 86.4 cm³/mol. The molecule has 0 saturated carbocycles. The summed E-state index contributed by atoms with van der Waals surface area (Å²) in [5.74, 6) is -1.54. The third kappa shape index (κ3) is 4.25. The first kappa shape index (κ1) is 18.7. The van der Waals surface area contributed by atoms with Crippen molar-refractivity contribution in [3.63, 3.8) is 0 Å². The number of hydrogen-bond acceptors (Lipinski definition) is 6. The van der Waals surface area contributed by atoms with Crippen molar-refractivity contribution in [2.75, 3.05) is 26.8 Å². The summed E-state index contributed by atoms with van der Waals surface area (Å²) in [4.78, 5) is 22.8. The largest absolute Gasteiger partial charge is 0.466 e. The van der Waals surface area contributed by atoms with Crippen molar-refractivity contribution in [1.82, 2.24) is 4.31 Å². The number of ether oxygens (including phenoxy) is 2. The molecule has 1 aromatic carbocycles. The van der Waals surface area contributed by atoms with Crippen LogP contribution in [0.1, 0.15) is 29.6 Å². The van der Waals surface area contributed by atoms with E-state index in [0.717, 1.165) is 19.3 Å². The standard InChI is InChI=1S/C15H18ClNO6S/c1-22-14(18)10-23-15(19)11-5-6-12(16)13(9-11)24(20,21)17-7-3-2-4-8-17/h5-6,9H,2-4,7-8,10H2,1H3. The number of hydrogen-bond donors (Lipinski definition) is 0. The minimum absolute atomic E-state index is 0.00103. The highest BCUT2D eigenvalue weighted by Crippen LogP contribution is 2.28. The highest BCUT2D eigenvalue weighted by Gasteiger charge is 2.29. The molecular formula is C15H18ClNO6S. The van der Waals surface area contributed by atoms with E-state index in [1.807, 2.05) is 0 Å². The average molecular weight is 376 g/mol. The Balaban J connectivity index is 2.24. The van der Waals surface area contributed by atoms with Gasteiger partial charge < -0.3 is 9.47 Å². The van der Waals surface area contributed by atoms with Crippen LogP contribution in [0.2, 0.25) is 5.02 Å². The first-order chi connectivity index (χ1) is 11.4. The van der Waals surface area contributed by atoms with Crippen LogP contribution in [0.15, 0.2) is 23.1 Å². The number of sulfonamides is 1. The van der Waals surface area contributed by atoms with Crippen molar-refractivity contribution < 1.29 is 27.5 Å². The first-order valence-corrected chi connectivity index (χ1v) is 9.21. The Hall–Kier alpha value is -1.64. The van der Waals surface area contributed by atoms with Gasteiger partial charge in [0.15, 0.2) is 6.61 Å². The molecule has 0 aromatic heterocycles. The van der Waals surface area contributed by atoms with Crippen LogP contribution in [0.4, 0.5) is 0 Å². The van der Waals surface area contributed by atoms with Crippen molar-refractivity contribution in [1.29, 1.82) is 0 Å². The van der Waals surface area contributed by atoms with Gasteiger partial charge in [0, 0.05) is 13.1 Å². The number of nitrogens with zero attached hydrogens (tertiary/aromatic N) is 1. The van der Waals surface area contributed by atoms with Gasteiger partial charge in [-0.15, -0.1) is 0 Å². The lowest BCUT2D eigenvalue weighted by atomic mass is 10.2. The van der Waals surface area contributed by atoms with Gasteiger partial charge in [-0.3, -0.25) is 0 Å². The number of halogens is 1. The summed E-state index contributed by atoms with van der Waals surface area (Å²) in [5.41, 5.74) is -0.00103. The van der Waals surface area contributed by atoms with Gasteiger partial charge >= 0.3 is 11.9 Å². The Labute approximate surface area is 145 Å². The highest BCUT2D eigenvalue weighted by molar-refractivity contribution is 7.89. The van der Waals surface area contributed by atoms with Gasteiger partial charge in [0.2, 0.25) is 10.0 Å². The zero-order valence-electron chi connectivity index (χ0n) is 13.2. The molecule has 2 rings (SSSR count). The normalized spacial score (nSPS) is 15.8. The molecule has 0 amide bonds. The van der Waals surface area contributed by atoms with Crippen LogP contribution in [-0.4, -0.2) is 51.5 Å². The Morgan fingerprint density at radius 3 is 2.50 bits per heavy atom. The molecule has 0 atom stereocenters. The Morgan fingerprint density at radius 2 is 1.88 bits per heavy atom. The zero-order valence-corrected chi connectivity index (χ0v) is 14.7. The topological polar surface area (TPSA) is 90.0 Å². The molecule has 0 radical (unpaired) electrons. The molecule has 0 spiro atoms. The molecule has 9 heteroatoms. The summed E-state index contributed by atoms with van der Waals surface area (Å²) in [6.07, 6.45) is 2.56. The van der Waals surface area contributed by atoms with E-state index in [9.17, 15) is 18.0 Å². The summed E-state index contributed by atoms with van der Waals surface area (Å²) in [6, 6.07) is 3.84. The first-order valence-electron chi connectivity index (χ1n) is 7.40. The number of piperidine rings is 1. The molecular weight excluding hydrogens is 358 g/mol. The third-order valence-electron chi connectivity index (χ3n) is 3.65. The van der Waals surface area contributed by atoms with Gasteiger partial charge in [0.25, 0.3) is 0 Å². The molecule has 0 bridgehead atoms. The van der Waals surface area contributed by atoms with E-state index >= 15 is 0 Å². The quantitative estimate of drug-likeness (QED) is 0.729. The van der Waals surface area contributed by atoms with Gasteiger partial charge in [-0.25, -0.2) is 18.0 Å². The summed E-state index contributed by atoms with van der Waals surface area (Å²) in [5, 5.41) is 0.0325. The molecule has 0 aliphatic carbocycles. The van der Waals surface area contributed by atoms with Crippen molar-refractivity contribution >= 4 is 33.6 Å². The minimum Gasteiger partial charge on any atom is -0.466 e. The number of methoxy groups -OCH3 is 1. The molecule has 0 unspecified atom stereocenters. The second kappa shape index (κ2) is 7.96. The third-order valence-corrected chi connectivity index (χ3v) is 6.03. The smallest absolute Gasteiger partial charge is 0.344 e. The number of esters is 2. The molecule has 1 heterocycles. The highest BCUT2D eigenvalue weighted by atomic mass is 35.5. The van der Waals surface area contributed by atoms with E-state index in [4.69, 9.17) is 16.3 Å². The molecule has 1 fully saturated rings. The van der Waals surface area contributed by atoms with Crippen LogP contribution in [-0.2, 0) is 24.3 Å². The fourth-order valence-electron chi connectivity index (χ4n) is 2.34. The molecule has 1 aliphatic heterocycles. The Bertz CT molecular complexity index is 727. The van der Waals surface area contributed by atoms with Gasteiger partial charge in [0.1, 0.15) is 4.90 Å². The van der Waals surface area contributed by atoms with E-state index in [1.165, 1.54) is 29.6 Å². The van der Waals surface area contributed by atoms with Gasteiger partial charge in [-0.1, -0.05) is 18.0 Å². The van der Waals surface area contributed by atoms with Crippen LogP contribution in [0, 0.1) is 0 Å². The Morgan fingerprint density at radius 1 is 1.21 bits per heavy atom. The molecule has 0 N–H and O–H groups in total. The van der Waals surface area contributed by atoms with Crippen LogP contribution < -0.4 is 0 Å². The van der Waals surface area contributed by atoms with E-state index in [-0.39, 0.29) is 15.5 Å². The zero-order chi connectivity index (χ0) is 17.7. The van der Waals surface area contributed by atoms with E-state index < -0.39 is 28.6 Å². The number of carbonyl (C=O) groups is 2. The second-order valence-electron chi connectivity index (χ2n) is 5.26. The lowest BCUT2D eigenvalue weighted by Gasteiger charge is -2.26. The van der Waals surface area contributed by atoms with E-state index in [1.54, 1.807) is 0 Å². The average Bonchev–Trinajstić information content (AvgIpc) is 2.60. The minimum atomic E-state index is -3.78. The van der Waals surface area contributed by atoms with Crippen LogP contribution in [0.3, 0.4) is 0 Å². The van der Waals surface area contributed by atoms with Crippen LogP contribution in [0.25, 0.3) is 0 Å². The van der Waals surface area contributed by atoms with Crippen molar-refractivity contribution in [3.8, 4) is 0 Å². The molecule has 1 aliphatic rings. The monoisotopic (exact) mass is 375 g/mol. The van der Waals surface area contributed by atoms with E-state index in [0.29, 0.717) is 13.1 Å². The maximum absolute atomic E-state index is 12.7. The summed E-state index contributed by atoms with van der Waals surface area (Å²) in [6.45, 7) is 0.303. The van der Waals surface area contributed by atoms with Crippen molar-refractivity contribution in [2.45, 2.75) is 24.2 Å². The SMILES string of the molecule is COC(=O)COC(=O)c1ccc(Cl)c(S(=O)(=O)N2CCCCC2)c1. The number of carbonyl (C=O) groups excluding carboxylic acids is 2. The Kier molecular flexibility index (Phi) is 6.20. The van der Waals surface area contributed by atoms with Crippen molar-refractivity contribution in [3.05, 3.63) is 28.8 Å². The van der Waals surface area contributed by atoms with E-state index in [2.05, 4.69) is 4.74 Å². The summed E-state index contributed by atoms with van der Waals surface area (Å²) >= 11 is 6.02. The molecule has 24 heavy (non-hydrogen) atoms. The van der Waals surface area contributed by atoms with Gasteiger partial charge in [-0.2, -0.15) is 4.31 Å². The molecule has 1 aromatic rings. The van der Waals surface area contributed by atoms with Crippen molar-refractivity contribution in [2.24, 2.45) is 0 Å². The molecule has 1 saturated heterocycles. The maximum atomic E-state index is 12.7. The van der Waals surface area contributed by atoms with Crippen LogP contribution in [0.5, 0.6) is 0 Å². The second-order valence-corrected chi connectivity index (χ2v) is 7.58. The fourth-order valence-corrected chi connectivity index (χ4v) is 4.36. The maximum Gasteiger partial charge on any atom is 0.344 e. The number of rotatable bonds is 5. The van der Waals surface area contributed by atoms with Gasteiger partial charge in [0.05, 0.1) is 17.7 Å². The lowest BCUT2D eigenvalue weighted by molar-refractivity contribution is -0.144. The fraction of sp³-hybridized carbons (Fsp3) is 0.467. The number of benzene rings is 1. The van der Waals surface area contributed by atoms with Gasteiger partial charge in [-0.05, 0) is 31.0 Å². The van der Waals surface area contributed by atoms with Crippen LogP contribution >= 0.6 is 11.6 Å². The molecule has 7 nitrogen and oxygen atoms in total.